The smallest absolute Gasteiger partial charge is 0.0562 e. The van der Waals surface area contributed by atoms with Crippen LogP contribution < -0.4 is 4.90 Å². The average Bonchev–Trinajstić information content (AvgIpc) is 3.70. The largest absolute Gasteiger partial charge is 0.309 e. The summed E-state index contributed by atoms with van der Waals surface area (Å²) >= 11 is 0. The molecule has 11 rings (SSSR count). The molecule has 0 aliphatic heterocycles. The van der Waals surface area contributed by atoms with Gasteiger partial charge in [-0.05, 0) is 87.0 Å². The fraction of sp³-hybridized carbons (Fsp3) is 0. The fourth-order valence-corrected chi connectivity index (χ4v) is 9.06. The van der Waals surface area contributed by atoms with Crippen LogP contribution in [0.4, 0.5) is 17.1 Å². The Morgan fingerprint density at radius 1 is 0.274 bits per heavy atom. The van der Waals surface area contributed by atoms with Gasteiger partial charge < -0.3 is 9.47 Å². The number of fused-ring (bicyclic) bond motifs is 3. The minimum atomic E-state index is 1.08. The van der Waals surface area contributed by atoms with E-state index in [1.165, 1.54) is 49.7 Å². The molecule has 292 valence electrons. The zero-order chi connectivity index (χ0) is 41.2. The summed E-state index contributed by atoms with van der Waals surface area (Å²) < 4.78 is 2.46. The van der Waals surface area contributed by atoms with E-state index in [1.807, 2.05) is 0 Å². The molecule has 0 fully saturated rings. The number of hydrogen-bond donors (Lipinski definition) is 0. The number of para-hydroxylation sites is 2. The van der Waals surface area contributed by atoms with Gasteiger partial charge in [0.1, 0.15) is 0 Å². The first-order valence-electron chi connectivity index (χ1n) is 21.3. The Kier molecular flexibility index (Phi) is 9.57. The number of anilines is 3. The lowest BCUT2D eigenvalue weighted by Crippen LogP contribution is -2.12. The van der Waals surface area contributed by atoms with E-state index in [0.717, 1.165) is 50.5 Å². The Morgan fingerprint density at radius 2 is 0.726 bits per heavy atom. The van der Waals surface area contributed by atoms with Crippen molar-refractivity contribution in [3.63, 3.8) is 0 Å². The van der Waals surface area contributed by atoms with Crippen LogP contribution in [0.25, 0.3) is 83.1 Å². The van der Waals surface area contributed by atoms with Crippen LogP contribution in [0.3, 0.4) is 0 Å². The van der Waals surface area contributed by atoms with Gasteiger partial charge in [0.2, 0.25) is 0 Å². The van der Waals surface area contributed by atoms with Crippen molar-refractivity contribution >= 4 is 38.9 Å². The lowest BCUT2D eigenvalue weighted by molar-refractivity contribution is 1.18. The average molecular weight is 791 g/mol. The molecule has 2 heteroatoms. The summed E-state index contributed by atoms with van der Waals surface area (Å²) in [5, 5.41) is 2.38. The minimum absolute atomic E-state index is 1.08. The van der Waals surface area contributed by atoms with Gasteiger partial charge in [0.15, 0.2) is 0 Å². The van der Waals surface area contributed by atoms with Crippen molar-refractivity contribution in [2.45, 2.75) is 0 Å². The second-order valence-corrected chi connectivity index (χ2v) is 15.7. The number of hydrogen-bond acceptors (Lipinski definition) is 1. The Morgan fingerprint density at radius 3 is 1.37 bits per heavy atom. The second kappa shape index (κ2) is 16.1. The molecule has 0 aliphatic rings. The first-order chi connectivity index (χ1) is 30.8. The summed E-state index contributed by atoms with van der Waals surface area (Å²) in [6.45, 7) is 0. The second-order valence-electron chi connectivity index (χ2n) is 15.7. The summed E-state index contributed by atoms with van der Waals surface area (Å²) in [5.41, 5.74) is 18.5. The van der Waals surface area contributed by atoms with Crippen molar-refractivity contribution in [3.8, 4) is 61.3 Å². The molecule has 11 aromatic rings. The van der Waals surface area contributed by atoms with Crippen LogP contribution in [0.1, 0.15) is 0 Å². The Bertz CT molecular complexity index is 3300. The lowest BCUT2D eigenvalue weighted by Gasteiger charge is -2.29. The maximum Gasteiger partial charge on any atom is 0.0562 e. The summed E-state index contributed by atoms with van der Waals surface area (Å²) in [5.74, 6) is 0. The Labute approximate surface area is 362 Å². The number of benzene rings is 10. The quantitative estimate of drug-likeness (QED) is 0.141. The molecule has 1 heterocycles. The Balaban J connectivity index is 1.16. The fourth-order valence-electron chi connectivity index (χ4n) is 9.06. The first kappa shape index (κ1) is 36.8. The van der Waals surface area contributed by atoms with E-state index in [4.69, 9.17) is 0 Å². The van der Waals surface area contributed by atoms with Gasteiger partial charge in [0, 0.05) is 27.6 Å². The molecule has 0 N–H and O–H groups in total. The maximum absolute atomic E-state index is 2.48. The molecule has 0 aliphatic carbocycles. The molecule has 0 saturated carbocycles. The molecule has 0 spiro atoms. The molecule has 0 radical (unpaired) electrons. The molecule has 1 aromatic heterocycles. The van der Waals surface area contributed by atoms with E-state index >= 15 is 0 Å². The molecule has 0 atom stereocenters. The molecule has 10 aromatic carbocycles. The third-order valence-electron chi connectivity index (χ3n) is 12.0. The molecule has 0 unspecified atom stereocenters. The maximum atomic E-state index is 2.48. The van der Waals surface area contributed by atoms with E-state index in [2.05, 4.69) is 264 Å². The standard InChI is InChI=1S/C60H42N2/c1-5-18-43(19-6-1)46-32-34-49(35-33-46)52-26-13-15-28-55(52)62-56-29-16-14-27-54(56)60-57(30-17-31-58(60)62)61(51-39-36-47(37-40-51)44-20-7-2-8-21-44)59-42-50(45-22-9-3-10-23-45)38-41-53(59)48-24-11-4-12-25-48/h1-42H. The van der Waals surface area contributed by atoms with Gasteiger partial charge in [-0.3, -0.25) is 0 Å². The summed E-state index contributed by atoms with van der Waals surface area (Å²) in [4.78, 5) is 2.48. The van der Waals surface area contributed by atoms with Gasteiger partial charge >= 0.3 is 0 Å². The van der Waals surface area contributed by atoms with Crippen molar-refractivity contribution in [3.05, 3.63) is 255 Å². The highest BCUT2D eigenvalue weighted by Crippen LogP contribution is 2.48. The van der Waals surface area contributed by atoms with E-state index in [0.29, 0.717) is 0 Å². The topological polar surface area (TPSA) is 8.17 Å². The molecular formula is C60H42N2. The molecular weight excluding hydrogens is 749 g/mol. The SMILES string of the molecule is c1ccc(-c2ccc(-c3ccccc3-n3c4ccccc4c4c(N(c5ccc(-c6ccccc6)cc5)c5cc(-c6ccccc6)ccc5-c5ccccc5)cccc43)cc2)cc1. The lowest BCUT2D eigenvalue weighted by atomic mass is 9.96. The van der Waals surface area contributed by atoms with Crippen LogP contribution in [-0.2, 0) is 0 Å². The number of aromatic nitrogens is 1. The third-order valence-corrected chi connectivity index (χ3v) is 12.0. The molecule has 0 amide bonds. The van der Waals surface area contributed by atoms with Gasteiger partial charge in [-0.1, -0.05) is 212 Å². The number of rotatable bonds is 9. The van der Waals surface area contributed by atoms with E-state index in [9.17, 15) is 0 Å². The zero-order valence-electron chi connectivity index (χ0n) is 34.1. The predicted molar refractivity (Wildman–Crippen MR) is 263 cm³/mol. The van der Waals surface area contributed by atoms with Gasteiger partial charge in [-0.2, -0.15) is 0 Å². The molecule has 62 heavy (non-hydrogen) atoms. The highest BCUT2D eigenvalue weighted by atomic mass is 15.2. The van der Waals surface area contributed by atoms with Gasteiger partial charge in [-0.25, -0.2) is 0 Å². The van der Waals surface area contributed by atoms with Crippen molar-refractivity contribution in [2.75, 3.05) is 4.90 Å². The molecule has 2 nitrogen and oxygen atoms in total. The van der Waals surface area contributed by atoms with Crippen LogP contribution in [0, 0.1) is 0 Å². The monoisotopic (exact) mass is 790 g/mol. The van der Waals surface area contributed by atoms with Crippen molar-refractivity contribution in [2.24, 2.45) is 0 Å². The minimum Gasteiger partial charge on any atom is -0.309 e. The van der Waals surface area contributed by atoms with Gasteiger partial charge in [0.25, 0.3) is 0 Å². The van der Waals surface area contributed by atoms with Crippen LogP contribution >= 0.6 is 0 Å². The summed E-state index contributed by atoms with van der Waals surface area (Å²) in [7, 11) is 0. The van der Waals surface area contributed by atoms with Crippen LogP contribution in [0.5, 0.6) is 0 Å². The van der Waals surface area contributed by atoms with Crippen molar-refractivity contribution in [1.82, 2.24) is 4.57 Å². The molecule has 0 saturated heterocycles. The molecule has 0 bridgehead atoms. The van der Waals surface area contributed by atoms with Gasteiger partial charge in [-0.15, -0.1) is 0 Å². The van der Waals surface area contributed by atoms with Crippen LogP contribution in [0.15, 0.2) is 255 Å². The highest BCUT2D eigenvalue weighted by molar-refractivity contribution is 6.17. The van der Waals surface area contributed by atoms with Crippen molar-refractivity contribution < 1.29 is 0 Å². The summed E-state index contributed by atoms with van der Waals surface area (Å²) in [6.07, 6.45) is 0. The highest BCUT2D eigenvalue weighted by Gasteiger charge is 2.24. The van der Waals surface area contributed by atoms with E-state index < -0.39 is 0 Å². The predicted octanol–water partition coefficient (Wildman–Crippen LogP) is 16.6. The van der Waals surface area contributed by atoms with E-state index in [-0.39, 0.29) is 0 Å². The van der Waals surface area contributed by atoms with E-state index in [1.54, 1.807) is 0 Å². The van der Waals surface area contributed by atoms with Gasteiger partial charge in [0.05, 0.1) is 28.1 Å². The van der Waals surface area contributed by atoms with Crippen molar-refractivity contribution in [1.29, 1.82) is 0 Å². The Hall–Kier alpha value is -8.20. The van der Waals surface area contributed by atoms with Crippen LogP contribution in [-0.4, -0.2) is 4.57 Å². The first-order valence-corrected chi connectivity index (χ1v) is 21.3. The van der Waals surface area contributed by atoms with Crippen LogP contribution in [0.2, 0.25) is 0 Å². The summed E-state index contributed by atoms with van der Waals surface area (Å²) in [6, 6.07) is 92.1. The normalized spacial score (nSPS) is 11.2. The zero-order valence-corrected chi connectivity index (χ0v) is 34.1. The number of nitrogens with zero attached hydrogens (tertiary/aromatic N) is 2. The third kappa shape index (κ3) is 6.74.